The van der Waals surface area contributed by atoms with Crippen molar-refractivity contribution in [3.8, 4) is 0 Å². The van der Waals surface area contributed by atoms with E-state index in [4.69, 9.17) is 0 Å². The van der Waals surface area contributed by atoms with Crippen molar-refractivity contribution in [3.05, 3.63) is 26.1 Å². The maximum atomic E-state index is 13.4. The lowest BCUT2D eigenvalue weighted by molar-refractivity contribution is 0.632. The topological polar surface area (TPSA) is 28.7 Å². The molecule has 0 unspecified atom stereocenters. The van der Waals surface area contributed by atoms with E-state index in [9.17, 15) is 4.39 Å². The van der Waals surface area contributed by atoms with Crippen LogP contribution in [0.2, 0.25) is 0 Å². The zero-order valence-corrected chi connectivity index (χ0v) is 9.48. The summed E-state index contributed by atoms with van der Waals surface area (Å²) in [6.07, 6.45) is 0. The summed E-state index contributed by atoms with van der Waals surface area (Å²) in [6.45, 7) is 0. The van der Waals surface area contributed by atoms with Crippen LogP contribution >= 0.6 is 38.5 Å². The molecule has 1 heterocycles. The Morgan fingerprint density at radius 1 is 1.50 bits per heavy atom. The predicted molar refractivity (Wildman–Crippen MR) is 56.5 cm³/mol. The number of aromatic nitrogens is 2. The molecule has 5 heteroatoms. The van der Waals surface area contributed by atoms with Crippen molar-refractivity contribution in [1.29, 1.82) is 0 Å². The van der Waals surface area contributed by atoms with Gasteiger partial charge in [-0.3, -0.25) is 5.10 Å². The minimum Gasteiger partial charge on any atom is -0.270 e. The number of H-pyrrole nitrogens is 1. The van der Waals surface area contributed by atoms with Gasteiger partial charge in [0, 0.05) is 3.57 Å². The minimum atomic E-state index is -0.228. The Morgan fingerprint density at radius 2 is 2.25 bits per heavy atom. The SMILES string of the molecule is Fc1c(I)ccc2n[nH]c(Br)c12. The van der Waals surface area contributed by atoms with E-state index in [1.807, 2.05) is 22.6 Å². The maximum Gasteiger partial charge on any atom is 0.148 e. The minimum absolute atomic E-state index is 0.228. The lowest BCUT2D eigenvalue weighted by Gasteiger charge is -1.94. The summed E-state index contributed by atoms with van der Waals surface area (Å²) in [6, 6.07) is 3.48. The summed E-state index contributed by atoms with van der Waals surface area (Å²) in [7, 11) is 0. The van der Waals surface area contributed by atoms with Crippen LogP contribution in [-0.4, -0.2) is 10.2 Å². The normalized spacial score (nSPS) is 10.9. The highest BCUT2D eigenvalue weighted by Crippen LogP contribution is 2.26. The molecule has 0 saturated heterocycles. The number of hydrogen-bond donors (Lipinski definition) is 1. The third-order valence-corrected chi connectivity index (χ3v) is 2.97. The quantitative estimate of drug-likeness (QED) is 0.734. The zero-order chi connectivity index (χ0) is 8.72. The molecule has 0 amide bonds. The first kappa shape index (κ1) is 8.43. The highest BCUT2D eigenvalue weighted by atomic mass is 127. The molecule has 0 aliphatic rings. The van der Waals surface area contributed by atoms with Gasteiger partial charge in [0.1, 0.15) is 10.4 Å². The molecule has 2 nitrogen and oxygen atoms in total. The van der Waals surface area contributed by atoms with Crippen molar-refractivity contribution in [1.82, 2.24) is 10.2 Å². The molecule has 12 heavy (non-hydrogen) atoms. The molecule has 0 fully saturated rings. The number of nitrogens with one attached hydrogen (secondary N) is 1. The van der Waals surface area contributed by atoms with Crippen LogP contribution in [0.3, 0.4) is 0 Å². The van der Waals surface area contributed by atoms with Gasteiger partial charge in [-0.15, -0.1) is 0 Å². The molecule has 2 rings (SSSR count). The summed E-state index contributed by atoms with van der Waals surface area (Å²) in [4.78, 5) is 0. The third-order valence-electron chi connectivity index (χ3n) is 1.57. The number of halogens is 3. The van der Waals surface area contributed by atoms with E-state index >= 15 is 0 Å². The van der Waals surface area contributed by atoms with E-state index in [0.29, 0.717) is 19.1 Å². The molecule has 0 bridgehead atoms. The summed E-state index contributed by atoms with van der Waals surface area (Å²) < 4.78 is 14.6. The molecule has 62 valence electrons. The van der Waals surface area contributed by atoms with Crippen molar-refractivity contribution in [3.63, 3.8) is 0 Å². The van der Waals surface area contributed by atoms with E-state index in [0.717, 1.165) is 0 Å². The van der Waals surface area contributed by atoms with Crippen LogP contribution in [0.5, 0.6) is 0 Å². The second-order valence-corrected chi connectivity index (χ2v) is 4.25. The monoisotopic (exact) mass is 340 g/mol. The number of aromatic amines is 1. The summed E-state index contributed by atoms with van der Waals surface area (Å²) in [5.41, 5.74) is 0.639. The molecule has 0 aliphatic heterocycles. The van der Waals surface area contributed by atoms with Crippen LogP contribution in [0, 0.1) is 9.39 Å². The fourth-order valence-corrected chi connectivity index (χ4v) is 1.92. The number of hydrogen-bond acceptors (Lipinski definition) is 1. The first-order valence-electron chi connectivity index (χ1n) is 3.17. The van der Waals surface area contributed by atoms with Crippen molar-refractivity contribution < 1.29 is 4.39 Å². The second kappa shape index (κ2) is 2.95. The van der Waals surface area contributed by atoms with Gasteiger partial charge in [0.25, 0.3) is 0 Å². The van der Waals surface area contributed by atoms with Crippen LogP contribution in [0.15, 0.2) is 16.7 Å². The number of rotatable bonds is 0. The summed E-state index contributed by atoms with van der Waals surface area (Å²) in [5.74, 6) is -0.228. The molecule has 0 atom stereocenters. The zero-order valence-electron chi connectivity index (χ0n) is 5.74. The number of nitrogens with zero attached hydrogens (tertiary/aromatic N) is 1. The molecule has 1 aromatic heterocycles. The average molecular weight is 341 g/mol. The maximum absolute atomic E-state index is 13.4. The van der Waals surface area contributed by atoms with Crippen molar-refractivity contribution in [2.24, 2.45) is 0 Å². The van der Waals surface area contributed by atoms with Crippen molar-refractivity contribution in [2.75, 3.05) is 0 Å². The third kappa shape index (κ3) is 1.15. The molecule has 1 N–H and O–H groups in total. The van der Waals surface area contributed by atoms with Gasteiger partial charge in [-0.2, -0.15) is 5.10 Å². The van der Waals surface area contributed by atoms with Crippen molar-refractivity contribution >= 4 is 49.4 Å². The van der Waals surface area contributed by atoms with Gasteiger partial charge in [0.15, 0.2) is 0 Å². The van der Waals surface area contributed by atoms with Gasteiger partial charge in [0.2, 0.25) is 0 Å². The van der Waals surface area contributed by atoms with E-state index in [1.165, 1.54) is 0 Å². The van der Waals surface area contributed by atoms with Crippen LogP contribution in [0.25, 0.3) is 10.9 Å². The number of benzene rings is 1. The molecule has 0 saturated carbocycles. The van der Waals surface area contributed by atoms with Gasteiger partial charge in [0.05, 0.1) is 10.9 Å². The van der Waals surface area contributed by atoms with Gasteiger partial charge in [-0.05, 0) is 50.7 Å². The molecule has 0 aliphatic carbocycles. The van der Waals surface area contributed by atoms with Crippen LogP contribution in [-0.2, 0) is 0 Å². The fourth-order valence-electron chi connectivity index (χ4n) is 1.01. The molecular weight excluding hydrogens is 338 g/mol. The van der Waals surface area contributed by atoms with Gasteiger partial charge >= 0.3 is 0 Å². The molecular formula is C7H3BrFIN2. The Kier molecular flexibility index (Phi) is 2.07. The highest BCUT2D eigenvalue weighted by molar-refractivity contribution is 14.1. The van der Waals surface area contributed by atoms with Gasteiger partial charge in [-0.1, -0.05) is 0 Å². The summed E-state index contributed by atoms with van der Waals surface area (Å²) >= 11 is 5.14. The van der Waals surface area contributed by atoms with E-state index in [1.54, 1.807) is 12.1 Å². The highest BCUT2D eigenvalue weighted by Gasteiger charge is 2.10. The Bertz CT molecular complexity index is 440. The van der Waals surface area contributed by atoms with Crippen LogP contribution in [0.4, 0.5) is 4.39 Å². The molecule has 2 aromatic rings. The van der Waals surface area contributed by atoms with Crippen molar-refractivity contribution in [2.45, 2.75) is 0 Å². The van der Waals surface area contributed by atoms with Crippen LogP contribution < -0.4 is 0 Å². The lowest BCUT2D eigenvalue weighted by Crippen LogP contribution is -1.81. The summed E-state index contributed by atoms with van der Waals surface area (Å²) in [5, 5.41) is 7.09. The van der Waals surface area contributed by atoms with E-state index in [-0.39, 0.29) is 5.82 Å². The lowest BCUT2D eigenvalue weighted by atomic mass is 10.2. The Hall–Kier alpha value is -0.170. The number of fused-ring (bicyclic) bond motifs is 1. The van der Waals surface area contributed by atoms with E-state index in [2.05, 4.69) is 26.1 Å². The standard InChI is InChI=1S/C7H3BrFIN2/c8-7-5-4(11-12-7)2-1-3(10)6(5)9/h1-2H,(H,11,12). The molecule has 0 spiro atoms. The Balaban J connectivity index is 2.96. The largest absolute Gasteiger partial charge is 0.270 e. The first-order chi connectivity index (χ1) is 5.70. The Morgan fingerprint density at radius 3 is 3.00 bits per heavy atom. The first-order valence-corrected chi connectivity index (χ1v) is 5.05. The predicted octanol–water partition coefficient (Wildman–Crippen LogP) is 3.07. The molecule has 1 aromatic carbocycles. The van der Waals surface area contributed by atoms with E-state index < -0.39 is 0 Å². The average Bonchev–Trinajstić information content (AvgIpc) is 2.41. The van der Waals surface area contributed by atoms with Gasteiger partial charge < -0.3 is 0 Å². The Labute approximate surface area is 89.8 Å². The second-order valence-electron chi connectivity index (χ2n) is 2.29. The molecule has 0 radical (unpaired) electrons. The smallest absolute Gasteiger partial charge is 0.148 e. The van der Waals surface area contributed by atoms with Gasteiger partial charge in [-0.25, -0.2) is 4.39 Å². The fraction of sp³-hybridized carbons (Fsp3) is 0. The van der Waals surface area contributed by atoms with Crippen LogP contribution in [0.1, 0.15) is 0 Å².